The second kappa shape index (κ2) is 5.43. The van der Waals surface area contributed by atoms with Crippen LogP contribution >= 0.6 is 0 Å². The minimum atomic E-state index is -3.35. The molecule has 0 saturated carbocycles. The summed E-state index contributed by atoms with van der Waals surface area (Å²) >= 11 is 0. The van der Waals surface area contributed by atoms with E-state index < -0.39 is 10.0 Å². The van der Waals surface area contributed by atoms with Crippen molar-refractivity contribution in [1.82, 2.24) is 4.47 Å². The van der Waals surface area contributed by atoms with Gasteiger partial charge >= 0.3 is 0 Å². The summed E-state index contributed by atoms with van der Waals surface area (Å²) in [5, 5.41) is 0. The topological polar surface area (TPSA) is 46.6 Å². The Kier molecular flexibility index (Phi) is 4.46. The van der Waals surface area contributed by atoms with E-state index in [9.17, 15) is 8.42 Å². The molecule has 16 heavy (non-hydrogen) atoms. The number of hydrogen-bond donors (Lipinski definition) is 0. The van der Waals surface area contributed by atoms with Crippen LogP contribution in [0.15, 0.2) is 30.3 Å². The van der Waals surface area contributed by atoms with Gasteiger partial charge in [0.1, 0.15) is 0 Å². The van der Waals surface area contributed by atoms with Gasteiger partial charge < -0.3 is 0 Å². The van der Waals surface area contributed by atoms with Crippen LogP contribution in [0.2, 0.25) is 0 Å². The smallest absolute Gasteiger partial charge is 0.236 e. The Bertz CT molecular complexity index is 416. The first-order valence-electron chi connectivity index (χ1n) is 5.03. The van der Waals surface area contributed by atoms with Crippen LogP contribution in [0.3, 0.4) is 0 Å². The van der Waals surface area contributed by atoms with Gasteiger partial charge in [0.25, 0.3) is 0 Å². The Hall–Kier alpha value is -0.910. The van der Waals surface area contributed by atoms with Crippen molar-refractivity contribution in [2.45, 2.75) is 12.8 Å². The van der Waals surface area contributed by atoms with E-state index in [1.807, 2.05) is 37.3 Å². The molecule has 0 radical (unpaired) electrons. The van der Waals surface area contributed by atoms with Gasteiger partial charge in [0.05, 0.1) is 12.9 Å². The van der Waals surface area contributed by atoms with E-state index in [0.29, 0.717) is 0 Å². The van der Waals surface area contributed by atoms with Gasteiger partial charge in [0.15, 0.2) is 0 Å². The fourth-order valence-electron chi connectivity index (χ4n) is 1.41. The second-order valence-electron chi connectivity index (χ2n) is 3.68. The molecule has 0 aliphatic carbocycles. The van der Waals surface area contributed by atoms with E-state index in [0.717, 1.165) is 10.0 Å². The zero-order valence-corrected chi connectivity index (χ0v) is 10.6. The molecule has 0 N–H and O–H groups in total. The Morgan fingerprint density at radius 2 is 1.88 bits per heavy atom. The van der Waals surface area contributed by atoms with Gasteiger partial charge in [-0.1, -0.05) is 41.7 Å². The fraction of sp³-hybridized carbons (Fsp3) is 0.455. The van der Waals surface area contributed by atoms with Crippen LogP contribution in [0.4, 0.5) is 0 Å². The number of hydrogen-bond acceptors (Lipinski definition) is 3. The second-order valence-corrected chi connectivity index (χ2v) is 5.69. The fourth-order valence-corrected chi connectivity index (χ4v) is 2.67. The highest BCUT2D eigenvalue weighted by Gasteiger charge is 2.21. The largest absolute Gasteiger partial charge is 0.288 e. The molecular formula is C11H17NO3S. The van der Waals surface area contributed by atoms with E-state index in [4.69, 9.17) is 4.84 Å². The Labute approximate surface area is 96.8 Å². The molecular weight excluding hydrogens is 226 g/mol. The van der Waals surface area contributed by atoms with Gasteiger partial charge in [-0.05, 0) is 11.5 Å². The molecule has 0 aliphatic heterocycles. The zero-order chi connectivity index (χ0) is 12.2. The molecule has 1 unspecified atom stereocenters. The van der Waals surface area contributed by atoms with Gasteiger partial charge in [-0.2, -0.15) is 0 Å². The Balaban J connectivity index is 2.76. The van der Waals surface area contributed by atoms with Gasteiger partial charge in [0.2, 0.25) is 10.0 Å². The van der Waals surface area contributed by atoms with Crippen molar-refractivity contribution in [3.05, 3.63) is 35.9 Å². The van der Waals surface area contributed by atoms with E-state index >= 15 is 0 Å². The van der Waals surface area contributed by atoms with E-state index in [2.05, 4.69) is 0 Å². The summed E-state index contributed by atoms with van der Waals surface area (Å²) < 4.78 is 24.4. The van der Waals surface area contributed by atoms with Crippen molar-refractivity contribution in [3.8, 4) is 0 Å². The summed E-state index contributed by atoms with van der Waals surface area (Å²) in [7, 11) is -0.613. The molecule has 0 heterocycles. The van der Waals surface area contributed by atoms with Crippen LogP contribution in [0.1, 0.15) is 18.4 Å². The molecule has 0 aliphatic rings. The third-order valence-corrected chi connectivity index (χ3v) is 4.33. The van der Waals surface area contributed by atoms with Crippen molar-refractivity contribution in [2.75, 3.05) is 19.9 Å². The summed E-state index contributed by atoms with van der Waals surface area (Å²) in [6, 6.07) is 9.56. The lowest BCUT2D eigenvalue weighted by Crippen LogP contribution is -2.30. The Morgan fingerprint density at radius 3 is 2.38 bits per heavy atom. The Morgan fingerprint density at radius 1 is 1.31 bits per heavy atom. The first-order valence-corrected chi connectivity index (χ1v) is 6.64. The summed E-state index contributed by atoms with van der Waals surface area (Å²) in [6.45, 7) is 1.89. The molecule has 1 rings (SSSR count). The lowest BCUT2D eigenvalue weighted by molar-refractivity contribution is -0.0259. The van der Waals surface area contributed by atoms with Crippen molar-refractivity contribution in [2.24, 2.45) is 0 Å². The first kappa shape index (κ1) is 13.2. The minimum Gasteiger partial charge on any atom is -0.288 e. The molecule has 1 aromatic rings. The standard InChI is InChI=1S/C11H17NO3S/c1-10(11-7-5-4-6-8-11)9-16(13,14)12(2)15-3/h4-8,10H,9H2,1-3H3. The first-order chi connectivity index (χ1) is 7.47. The number of hydroxylamine groups is 1. The number of nitrogens with zero attached hydrogens (tertiary/aromatic N) is 1. The molecule has 1 aromatic carbocycles. The van der Waals surface area contributed by atoms with Crippen LogP contribution in [0, 0.1) is 0 Å². The predicted octanol–water partition coefficient (Wildman–Crippen LogP) is 1.61. The molecule has 0 fully saturated rings. The SMILES string of the molecule is CON(C)S(=O)(=O)CC(C)c1ccccc1. The third kappa shape index (κ3) is 3.30. The highest BCUT2D eigenvalue weighted by molar-refractivity contribution is 7.88. The molecule has 90 valence electrons. The van der Waals surface area contributed by atoms with Gasteiger partial charge in [-0.3, -0.25) is 4.84 Å². The molecule has 0 aromatic heterocycles. The van der Waals surface area contributed by atoms with E-state index in [1.54, 1.807) is 0 Å². The van der Waals surface area contributed by atoms with Gasteiger partial charge in [-0.25, -0.2) is 8.42 Å². The molecule has 0 saturated heterocycles. The van der Waals surface area contributed by atoms with Gasteiger partial charge in [0, 0.05) is 7.05 Å². The normalized spacial score (nSPS) is 14.0. The molecule has 0 spiro atoms. The lowest BCUT2D eigenvalue weighted by atomic mass is 10.0. The van der Waals surface area contributed by atoms with Crippen LogP contribution in [0.5, 0.6) is 0 Å². The molecule has 5 heteroatoms. The van der Waals surface area contributed by atoms with Crippen molar-refractivity contribution in [3.63, 3.8) is 0 Å². The molecule has 0 bridgehead atoms. The number of benzene rings is 1. The van der Waals surface area contributed by atoms with Crippen molar-refractivity contribution < 1.29 is 13.3 Å². The maximum atomic E-state index is 11.7. The lowest BCUT2D eigenvalue weighted by Gasteiger charge is -2.17. The molecule has 0 amide bonds. The van der Waals surface area contributed by atoms with E-state index in [1.165, 1.54) is 14.2 Å². The maximum absolute atomic E-state index is 11.7. The molecule has 1 atom stereocenters. The quantitative estimate of drug-likeness (QED) is 0.738. The summed E-state index contributed by atoms with van der Waals surface area (Å²) in [6.07, 6.45) is 0. The average molecular weight is 243 g/mol. The predicted molar refractivity (Wildman–Crippen MR) is 63.4 cm³/mol. The average Bonchev–Trinajstić information content (AvgIpc) is 2.28. The molecule has 4 nitrogen and oxygen atoms in total. The summed E-state index contributed by atoms with van der Waals surface area (Å²) in [5.74, 6) is -0.00903. The van der Waals surface area contributed by atoms with Crippen LogP contribution < -0.4 is 0 Å². The van der Waals surface area contributed by atoms with Gasteiger partial charge in [-0.15, -0.1) is 0 Å². The zero-order valence-electron chi connectivity index (χ0n) is 9.75. The van der Waals surface area contributed by atoms with Crippen LogP contribution in [-0.2, 0) is 14.9 Å². The number of rotatable bonds is 5. The monoisotopic (exact) mass is 243 g/mol. The third-order valence-electron chi connectivity index (χ3n) is 2.48. The van der Waals surface area contributed by atoms with Crippen molar-refractivity contribution >= 4 is 10.0 Å². The maximum Gasteiger partial charge on any atom is 0.236 e. The van der Waals surface area contributed by atoms with Crippen LogP contribution in [-0.4, -0.2) is 32.8 Å². The minimum absolute atomic E-state index is 0.0430. The highest BCUT2D eigenvalue weighted by atomic mass is 32.2. The van der Waals surface area contributed by atoms with Crippen molar-refractivity contribution in [1.29, 1.82) is 0 Å². The summed E-state index contributed by atoms with van der Waals surface area (Å²) in [4.78, 5) is 4.70. The number of sulfonamides is 1. The van der Waals surface area contributed by atoms with E-state index in [-0.39, 0.29) is 11.7 Å². The summed E-state index contributed by atoms with van der Waals surface area (Å²) in [5.41, 5.74) is 1.01. The van der Waals surface area contributed by atoms with Crippen LogP contribution in [0.25, 0.3) is 0 Å². The highest BCUT2D eigenvalue weighted by Crippen LogP contribution is 2.17.